The Bertz CT molecular complexity index is 585. The van der Waals surface area contributed by atoms with Crippen molar-refractivity contribution in [1.82, 2.24) is 5.32 Å². The van der Waals surface area contributed by atoms with Crippen LogP contribution < -0.4 is 10.1 Å². The van der Waals surface area contributed by atoms with E-state index in [9.17, 15) is 4.79 Å². The fourth-order valence-corrected chi connectivity index (χ4v) is 1.87. The molecule has 0 saturated carbocycles. The van der Waals surface area contributed by atoms with Gasteiger partial charge in [0.25, 0.3) is 5.91 Å². The molecule has 0 spiro atoms. The van der Waals surface area contributed by atoms with E-state index in [2.05, 4.69) is 5.32 Å². The molecule has 2 aromatic rings. The number of halogens is 2. The van der Waals surface area contributed by atoms with Crippen LogP contribution in [0.2, 0.25) is 10.0 Å². The van der Waals surface area contributed by atoms with E-state index in [0.717, 1.165) is 5.56 Å². The lowest BCUT2D eigenvalue weighted by atomic mass is 10.2. The Morgan fingerprint density at radius 3 is 2.50 bits per heavy atom. The highest BCUT2D eigenvalue weighted by molar-refractivity contribution is 6.30. The number of nitrogens with one attached hydrogen (secondary N) is 1. The van der Waals surface area contributed by atoms with Gasteiger partial charge in [-0.05, 0) is 35.9 Å². The maximum atomic E-state index is 11.6. The van der Waals surface area contributed by atoms with Crippen molar-refractivity contribution in [2.45, 2.75) is 6.54 Å². The smallest absolute Gasteiger partial charge is 0.258 e. The van der Waals surface area contributed by atoms with E-state index in [-0.39, 0.29) is 12.5 Å². The highest BCUT2D eigenvalue weighted by Gasteiger charge is 2.03. The summed E-state index contributed by atoms with van der Waals surface area (Å²) in [6, 6.07) is 14.2. The largest absolute Gasteiger partial charge is 0.484 e. The van der Waals surface area contributed by atoms with Gasteiger partial charge in [-0.15, -0.1) is 0 Å². The summed E-state index contributed by atoms with van der Waals surface area (Å²) < 4.78 is 5.34. The van der Waals surface area contributed by atoms with Crippen LogP contribution in [0.3, 0.4) is 0 Å². The van der Waals surface area contributed by atoms with E-state index < -0.39 is 0 Å². The first kappa shape index (κ1) is 14.7. The van der Waals surface area contributed by atoms with Crippen molar-refractivity contribution in [3.05, 3.63) is 64.1 Å². The van der Waals surface area contributed by atoms with Crippen molar-refractivity contribution in [2.75, 3.05) is 6.61 Å². The molecule has 1 amide bonds. The van der Waals surface area contributed by atoms with Crippen LogP contribution in [0.4, 0.5) is 0 Å². The summed E-state index contributed by atoms with van der Waals surface area (Å²) in [5.74, 6) is 0.374. The molecule has 5 heteroatoms. The van der Waals surface area contributed by atoms with Gasteiger partial charge in [-0.2, -0.15) is 0 Å². The van der Waals surface area contributed by atoms with Crippen LogP contribution in [0.15, 0.2) is 48.5 Å². The highest BCUT2D eigenvalue weighted by atomic mass is 35.5. The van der Waals surface area contributed by atoms with Gasteiger partial charge in [-0.3, -0.25) is 4.79 Å². The molecule has 0 saturated heterocycles. The molecule has 20 heavy (non-hydrogen) atoms. The van der Waals surface area contributed by atoms with Crippen molar-refractivity contribution in [3.8, 4) is 5.75 Å². The molecule has 0 aliphatic heterocycles. The molecule has 0 atom stereocenters. The van der Waals surface area contributed by atoms with E-state index in [1.807, 2.05) is 12.1 Å². The van der Waals surface area contributed by atoms with Crippen molar-refractivity contribution in [3.63, 3.8) is 0 Å². The molecule has 2 rings (SSSR count). The summed E-state index contributed by atoms with van der Waals surface area (Å²) >= 11 is 11.6. The van der Waals surface area contributed by atoms with Gasteiger partial charge in [-0.25, -0.2) is 0 Å². The number of rotatable bonds is 5. The fraction of sp³-hybridized carbons (Fsp3) is 0.133. The number of hydrogen-bond donors (Lipinski definition) is 1. The maximum absolute atomic E-state index is 11.6. The topological polar surface area (TPSA) is 38.3 Å². The monoisotopic (exact) mass is 309 g/mol. The molecular formula is C15H13Cl2NO2. The van der Waals surface area contributed by atoms with Gasteiger partial charge in [0.05, 0.1) is 0 Å². The molecule has 0 fully saturated rings. The lowest BCUT2D eigenvalue weighted by Gasteiger charge is -2.08. The average Bonchev–Trinajstić information content (AvgIpc) is 2.45. The SMILES string of the molecule is O=C(COc1cccc(Cl)c1)NCc1ccc(Cl)cc1. The molecule has 0 heterocycles. The molecule has 104 valence electrons. The van der Waals surface area contributed by atoms with E-state index in [4.69, 9.17) is 27.9 Å². The summed E-state index contributed by atoms with van der Waals surface area (Å²) in [4.78, 5) is 11.6. The second-order valence-corrected chi connectivity index (χ2v) is 5.02. The van der Waals surface area contributed by atoms with Crippen LogP contribution in [0.5, 0.6) is 5.75 Å². The zero-order chi connectivity index (χ0) is 14.4. The quantitative estimate of drug-likeness (QED) is 0.914. The molecule has 1 N–H and O–H groups in total. The lowest BCUT2D eigenvalue weighted by Crippen LogP contribution is -2.28. The number of carbonyl (C=O) groups excluding carboxylic acids is 1. The van der Waals surface area contributed by atoms with Crippen LogP contribution in [0.1, 0.15) is 5.56 Å². The van der Waals surface area contributed by atoms with E-state index in [0.29, 0.717) is 22.3 Å². The Balaban J connectivity index is 1.77. The summed E-state index contributed by atoms with van der Waals surface area (Å²) in [5, 5.41) is 4.01. The third-order valence-corrected chi connectivity index (χ3v) is 3.06. The summed E-state index contributed by atoms with van der Waals surface area (Å²) in [5.41, 5.74) is 0.977. The van der Waals surface area contributed by atoms with E-state index in [1.165, 1.54) is 0 Å². The zero-order valence-electron chi connectivity index (χ0n) is 10.6. The Morgan fingerprint density at radius 1 is 1.05 bits per heavy atom. The minimum atomic E-state index is -0.195. The van der Waals surface area contributed by atoms with Crippen LogP contribution >= 0.6 is 23.2 Å². The second-order valence-electron chi connectivity index (χ2n) is 4.15. The molecule has 3 nitrogen and oxygen atoms in total. The van der Waals surface area contributed by atoms with Gasteiger partial charge in [-0.1, -0.05) is 41.4 Å². The molecule has 2 aromatic carbocycles. The number of hydrogen-bond acceptors (Lipinski definition) is 2. The third-order valence-electron chi connectivity index (χ3n) is 2.57. The minimum absolute atomic E-state index is 0.0477. The Morgan fingerprint density at radius 2 is 1.80 bits per heavy atom. The molecule has 0 aliphatic carbocycles. The Kier molecular flexibility index (Phi) is 5.27. The predicted molar refractivity (Wildman–Crippen MR) is 80.2 cm³/mol. The maximum Gasteiger partial charge on any atom is 0.258 e. The molecule has 0 unspecified atom stereocenters. The van der Waals surface area contributed by atoms with Crippen molar-refractivity contribution in [2.24, 2.45) is 0 Å². The first-order chi connectivity index (χ1) is 9.63. The Labute approximate surface area is 127 Å². The first-order valence-corrected chi connectivity index (χ1v) is 6.78. The lowest BCUT2D eigenvalue weighted by molar-refractivity contribution is -0.123. The van der Waals surface area contributed by atoms with Gasteiger partial charge >= 0.3 is 0 Å². The Hall–Kier alpha value is -1.71. The van der Waals surface area contributed by atoms with Crippen molar-refractivity contribution < 1.29 is 9.53 Å². The summed E-state index contributed by atoms with van der Waals surface area (Å²) in [6.07, 6.45) is 0. The molecule has 0 bridgehead atoms. The summed E-state index contributed by atoms with van der Waals surface area (Å²) in [7, 11) is 0. The first-order valence-electron chi connectivity index (χ1n) is 6.03. The number of amides is 1. The molecule has 0 aliphatic rings. The average molecular weight is 310 g/mol. The van der Waals surface area contributed by atoms with Crippen LogP contribution in [-0.4, -0.2) is 12.5 Å². The number of ether oxygens (including phenoxy) is 1. The molecule has 0 aromatic heterocycles. The minimum Gasteiger partial charge on any atom is -0.484 e. The van der Waals surface area contributed by atoms with Gasteiger partial charge in [0.2, 0.25) is 0 Å². The fourth-order valence-electron chi connectivity index (χ4n) is 1.56. The second kappa shape index (κ2) is 7.17. The normalized spacial score (nSPS) is 10.1. The number of carbonyl (C=O) groups is 1. The van der Waals surface area contributed by atoms with Crippen LogP contribution in [0, 0.1) is 0 Å². The van der Waals surface area contributed by atoms with Crippen LogP contribution in [-0.2, 0) is 11.3 Å². The standard InChI is InChI=1S/C15H13Cl2NO2/c16-12-6-4-11(5-7-12)9-18-15(19)10-20-14-3-1-2-13(17)8-14/h1-8H,9-10H2,(H,18,19). The van der Waals surface area contributed by atoms with E-state index >= 15 is 0 Å². The molecular weight excluding hydrogens is 297 g/mol. The summed E-state index contributed by atoms with van der Waals surface area (Å²) in [6.45, 7) is 0.392. The van der Waals surface area contributed by atoms with E-state index in [1.54, 1.807) is 36.4 Å². The van der Waals surface area contributed by atoms with Crippen molar-refractivity contribution >= 4 is 29.1 Å². The van der Waals surface area contributed by atoms with Crippen LogP contribution in [0.25, 0.3) is 0 Å². The predicted octanol–water partition coefficient (Wildman–Crippen LogP) is 3.69. The van der Waals surface area contributed by atoms with Gasteiger partial charge in [0.1, 0.15) is 5.75 Å². The highest BCUT2D eigenvalue weighted by Crippen LogP contribution is 2.16. The molecule has 0 radical (unpaired) electrons. The van der Waals surface area contributed by atoms with Crippen molar-refractivity contribution in [1.29, 1.82) is 0 Å². The zero-order valence-corrected chi connectivity index (χ0v) is 12.1. The van der Waals surface area contributed by atoms with Gasteiger partial charge in [0.15, 0.2) is 6.61 Å². The third kappa shape index (κ3) is 4.76. The van der Waals surface area contributed by atoms with Gasteiger partial charge in [0, 0.05) is 16.6 Å². The number of benzene rings is 2. The van der Waals surface area contributed by atoms with Gasteiger partial charge < -0.3 is 10.1 Å².